The summed E-state index contributed by atoms with van der Waals surface area (Å²) in [4.78, 5) is 22.9. The van der Waals surface area contributed by atoms with Crippen LogP contribution in [0.1, 0.15) is 32.3 Å². The summed E-state index contributed by atoms with van der Waals surface area (Å²) in [5, 5.41) is 20.8. The number of phenols is 1. The van der Waals surface area contributed by atoms with E-state index >= 15 is 0 Å². The third kappa shape index (κ3) is 4.91. The lowest BCUT2D eigenvalue weighted by atomic mass is 9.99. The van der Waals surface area contributed by atoms with Crippen molar-refractivity contribution in [2.45, 2.75) is 39.2 Å². The number of benzene rings is 1. The van der Waals surface area contributed by atoms with E-state index in [1.54, 1.807) is 31.2 Å². The van der Waals surface area contributed by atoms with Gasteiger partial charge in [-0.25, -0.2) is 4.79 Å². The maximum Gasteiger partial charge on any atom is 0.326 e. The van der Waals surface area contributed by atoms with Crippen molar-refractivity contribution < 1.29 is 19.8 Å². The van der Waals surface area contributed by atoms with E-state index < -0.39 is 12.0 Å². The molecule has 0 aromatic heterocycles. The summed E-state index contributed by atoms with van der Waals surface area (Å²) in [6, 6.07) is 5.77. The largest absolute Gasteiger partial charge is 0.508 e. The smallest absolute Gasteiger partial charge is 0.326 e. The van der Waals surface area contributed by atoms with Crippen LogP contribution >= 0.6 is 0 Å². The SMILES string of the molecule is CC[C@H](C)[C@H](NC(=O)CCc1ccc(O)cc1)C(=O)O. The van der Waals surface area contributed by atoms with Crippen LogP contribution in [0.3, 0.4) is 0 Å². The number of carbonyl (C=O) groups is 2. The minimum absolute atomic E-state index is 0.106. The lowest BCUT2D eigenvalue weighted by Crippen LogP contribution is -2.45. The fraction of sp³-hybridized carbons (Fsp3) is 0.467. The van der Waals surface area contributed by atoms with Gasteiger partial charge < -0.3 is 15.5 Å². The van der Waals surface area contributed by atoms with Crippen molar-refractivity contribution in [3.8, 4) is 5.75 Å². The zero-order chi connectivity index (χ0) is 15.1. The quantitative estimate of drug-likeness (QED) is 0.712. The monoisotopic (exact) mass is 279 g/mol. The molecule has 0 radical (unpaired) electrons. The minimum Gasteiger partial charge on any atom is -0.508 e. The van der Waals surface area contributed by atoms with Gasteiger partial charge in [-0.1, -0.05) is 32.4 Å². The highest BCUT2D eigenvalue weighted by Crippen LogP contribution is 2.12. The van der Waals surface area contributed by atoms with Gasteiger partial charge in [0, 0.05) is 6.42 Å². The molecule has 1 aromatic rings. The fourth-order valence-corrected chi connectivity index (χ4v) is 1.85. The average Bonchev–Trinajstić information content (AvgIpc) is 2.43. The molecule has 0 aliphatic rings. The number of carboxylic acid groups (broad SMARTS) is 1. The summed E-state index contributed by atoms with van der Waals surface area (Å²) in [6.45, 7) is 3.70. The van der Waals surface area contributed by atoms with Gasteiger partial charge in [-0.05, 0) is 30.0 Å². The third-order valence-electron chi connectivity index (χ3n) is 3.37. The van der Waals surface area contributed by atoms with Gasteiger partial charge in [0.2, 0.25) is 5.91 Å². The van der Waals surface area contributed by atoms with E-state index in [1.165, 1.54) is 0 Å². The normalized spacial score (nSPS) is 13.5. The predicted molar refractivity (Wildman–Crippen MR) is 75.4 cm³/mol. The van der Waals surface area contributed by atoms with E-state index in [0.29, 0.717) is 12.8 Å². The van der Waals surface area contributed by atoms with E-state index in [9.17, 15) is 9.59 Å². The minimum atomic E-state index is -1.00. The molecule has 0 bridgehead atoms. The molecule has 0 saturated carbocycles. The first kappa shape index (κ1) is 16.0. The number of rotatable bonds is 7. The first-order valence-corrected chi connectivity index (χ1v) is 6.74. The third-order valence-corrected chi connectivity index (χ3v) is 3.37. The number of aryl methyl sites for hydroxylation is 1. The first-order valence-electron chi connectivity index (χ1n) is 6.74. The number of aliphatic carboxylic acids is 1. The Kier molecular flexibility index (Phi) is 6.03. The van der Waals surface area contributed by atoms with E-state index in [4.69, 9.17) is 10.2 Å². The average molecular weight is 279 g/mol. The van der Waals surface area contributed by atoms with Crippen molar-refractivity contribution >= 4 is 11.9 Å². The van der Waals surface area contributed by atoms with Crippen molar-refractivity contribution in [1.29, 1.82) is 0 Å². The lowest BCUT2D eigenvalue weighted by Gasteiger charge is -2.20. The maximum atomic E-state index is 11.8. The Bertz CT molecular complexity index is 455. The van der Waals surface area contributed by atoms with E-state index in [-0.39, 0.29) is 24.0 Å². The molecule has 5 nitrogen and oxygen atoms in total. The molecule has 0 spiro atoms. The van der Waals surface area contributed by atoms with Crippen LogP contribution < -0.4 is 5.32 Å². The number of amides is 1. The second-order valence-electron chi connectivity index (χ2n) is 4.94. The number of hydrogen-bond acceptors (Lipinski definition) is 3. The number of carbonyl (C=O) groups excluding carboxylic acids is 1. The van der Waals surface area contributed by atoms with Gasteiger partial charge in [0.1, 0.15) is 11.8 Å². The Morgan fingerprint density at radius 1 is 1.25 bits per heavy atom. The molecular weight excluding hydrogens is 258 g/mol. The fourth-order valence-electron chi connectivity index (χ4n) is 1.85. The highest BCUT2D eigenvalue weighted by Gasteiger charge is 2.24. The molecule has 110 valence electrons. The summed E-state index contributed by atoms with van der Waals surface area (Å²) < 4.78 is 0. The van der Waals surface area contributed by atoms with Crippen LogP contribution in [0.25, 0.3) is 0 Å². The second-order valence-corrected chi connectivity index (χ2v) is 4.94. The first-order chi connectivity index (χ1) is 9.43. The molecule has 0 fully saturated rings. The van der Waals surface area contributed by atoms with Crippen molar-refractivity contribution in [2.75, 3.05) is 0 Å². The summed E-state index contributed by atoms with van der Waals surface area (Å²) in [7, 11) is 0. The number of hydrogen-bond donors (Lipinski definition) is 3. The second kappa shape index (κ2) is 7.53. The van der Waals surface area contributed by atoms with Gasteiger partial charge in [0.15, 0.2) is 0 Å². The zero-order valence-corrected chi connectivity index (χ0v) is 11.8. The molecular formula is C15H21NO4. The molecule has 5 heteroatoms. The Labute approximate surface area is 118 Å². The maximum absolute atomic E-state index is 11.8. The number of phenolic OH excluding ortho intramolecular Hbond substituents is 1. The Balaban J connectivity index is 2.49. The van der Waals surface area contributed by atoms with Gasteiger partial charge >= 0.3 is 5.97 Å². The summed E-state index contributed by atoms with van der Waals surface area (Å²) in [5.74, 6) is -1.20. The van der Waals surface area contributed by atoms with Gasteiger partial charge in [-0.3, -0.25) is 4.79 Å². The van der Waals surface area contributed by atoms with E-state index in [1.807, 2.05) is 6.92 Å². The van der Waals surface area contributed by atoms with Gasteiger partial charge in [-0.15, -0.1) is 0 Å². The summed E-state index contributed by atoms with van der Waals surface area (Å²) in [5.41, 5.74) is 0.924. The molecule has 1 amide bonds. The summed E-state index contributed by atoms with van der Waals surface area (Å²) in [6.07, 6.45) is 1.43. The number of aromatic hydroxyl groups is 1. The lowest BCUT2D eigenvalue weighted by molar-refractivity contribution is -0.143. The molecule has 3 N–H and O–H groups in total. The Morgan fingerprint density at radius 3 is 2.35 bits per heavy atom. The molecule has 0 saturated heterocycles. The highest BCUT2D eigenvalue weighted by molar-refractivity contribution is 5.83. The topological polar surface area (TPSA) is 86.6 Å². The highest BCUT2D eigenvalue weighted by atomic mass is 16.4. The van der Waals surface area contributed by atoms with Crippen LogP contribution in [0.2, 0.25) is 0 Å². The van der Waals surface area contributed by atoms with Crippen LogP contribution in [0.4, 0.5) is 0 Å². The van der Waals surface area contributed by atoms with Crippen molar-refractivity contribution in [2.24, 2.45) is 5.92 Å². The zero-order valence-electron chi connectivity index (χ0n) is 11.8. The molecule has 0 aliphatic carbocycles. The standard InChI is InChI=1S/C15H21NO4/c1-3-10(2)14(15(19)20)16-13(18)9-6-11-4-7-12(17)8-5-11/h4-5,7-8,10,14,17H,3,6,9H2,1-2H3,(H,16,18)(H,19,20)/t10-,14-/m0/s1. The molecule has 1 rings (SSSR count). The summed E-state index contributed by atoms with van der Waals surface area (Å²) >= 11 is 0. The van der Waals surface area contributed by atoms with Gasteiger partial charge in [0.05, 0.1) is 0 Å². The molecule has 0 unspecified atom stereocenters. The van der Waals surface area contributed by atoms with Gasteiger partial charge in [-0.2, -0.15) is 0 Å². The van der Waals surface area contributed by atoms with Gasteiger partial charge in [0.25, 0.3) is 0 Å². The van der Waals surface area contributed by atoms with Crippen LogP contribution in [0.15, 0.2) is 24.3 Å². The molecule has 0 heterocycles. The number of nitrogens with one attached hydrogen (secondary N) is 1. The van der Waals surface area contributed by atoms with Crippen molar-refractivity contribution in [3.63, 3.8) is 0 Å². The van der Waals surface area contributed by atoms with E-state index in [2.05, 4.69) is 5.32 Å². The number of carboxylic acids is 1. The van der Waals surface area contributed by atoms with Crippen LogP contribution in [0.5, 0.6) is 5.75 Å². The van der Waals surface area contributed by atoms with Crippen LogP contribution in [-0.2, 0) is 16.0 Å². The molecule has 1 aromatic carbocycles. The molecule has 0 aliphatic heterocycles. The van der Waals surface area contributed by atoms with Crippen LogP contribution in [0, 0.1) is 5.92 Å². The van der Waals surface area contributed by atoms with Crippen molar-refractivity contribution in [1.82, 2.24) is 5.32 Å². The van der Waals surface area contributed by atoms with E-state index in [0.717, 1.165) is 5.56 Å². The molecule has 20 heavy (non-hydrogen) atoms. The van der Waals surface area contributed by atoms with Crippen molar-refractivity contribution in [3.05, 3.63) is 29.8 Å². The molecule has 2 atom stereocenters. The predicted octanol–water partition coefficient (Wildman–Crippen LogP) is 1.94. The Morgan fingerprint density at radius 2 is 1.85 bits per heavy atom. The van der Waals surface area contributed by atoms with Crippen LogP contribution in [-0.4, -0.2) is 28.1 Å². The Hall–Kier alpha value is -2.04.